The van der Waals surface area contributed by atoms with Gasteiger partial charge in [-0.1, -0.05) is 19.1 Å². The second kappa shape index (κ2) is 6.01. The zero-order valence-corrected chi connectivity index (χ0v) is 11.3. The fraction of sp³-hybridized carbons (Fsp3) is 0.571. The normalized spacial score (nSPS) is 18.6. The van der Waals surface area contributed by atoms with Gasteiger partial charge < -0.3 is 4.74 Å². The highest BCUT2D eigenvalue weighted by Crippen LogP contribution is 2.38. The molecule has 1 aliphatic rings. The van der Waals surface area contributed by atoms with Gasteiger partial charge in [0.2, 0.25) is 0 Å². The summed E-state index contributed by atoms with van der Waals surface area (Å²) in [4.78, 5) is 0. The third-order valence-corrected chi connectivity index (χ3v) is 3.83. The molecule has 3 N–H and O–H groups in total. The van der Waals surface area contributed by atoms with Crippen LogP contribution in [0.2, 0.25) is 0 Å². The maximum atomic E-state index is 12.1. The Kier molecular flexibility index (Phi) is 4.55. The number of benzene rings is 1. The Morgan fingerprint density at radius 3 is 2.35 bits per heavy atom. The number of nitrogens with two attached hydrogens (primary N) is 1. The highest BCUT2D eigenvalue weighted by Gasteiger charge is 2.33. The predicted octanol–water partition coefficient (Wildman–Crippen LogP) is 3.01. The van der Waals surface area contributed by atoms with Gasteiger partial charge in [-0.15, -0.1) is 13.2 Å². The molecule has 3 nitrogen and oxygen atoms in total. The lowest BCUT2D eigenvalue weighted by atomic mass is 9.92. The van der Waals surface area contributed by atoms with Crippen LogP contribution in [-0.4, -0.2) is 12.4 Å². The Hall–Kier alpha value is -1.27. The second-order valence-corrected chi connectivity index (χ2v) is 5.37. The summed E-state index contributed by atoms with van der Waals surface area (Å²) in [7, 11) is 0. The first-order chi connectivity index (χ1) is 9.39. The van der Waals surface area contributed by atoms with E-state index in [1.807, 2.05) is 0 Å². The van der Waals surface area contributed by atoms with Crippen LogP contribution in [0.15, 0.2) is 24.3 Å². The van der Waals surface area contributed by atoms with Gasteiger partial charge >= 0.3 is 6.36 Å². The summed E-state index contributed by atoms with van der Waals surface area (Å²) in [6.45, 7) is 2.16. The van der Waals surface area contributed by atoms with Crippen LogP contribution in [0.3, 0.4) is 0 Å². The summed E-state index contributed by atoms with van der Waals surface area (Å²) in [6, 6.07) is 6.09. The Balaban J connectivity index is 1.95. The molecule has 1 saturated carbocycles. The SMILES string of the molecule is CC(C1CC1)C(Cc1ccc(OC(F)(F)F)cc1)NN. The molecule has 0 saturated heterocycles. The highest BCUT2D eigenvalue weighted by atomic mass is 19.4. The predicted molar refractivity (Wildman–Crippen MR) is 69.8 cm³/mol. The van der Waals surface area contributed by atoms with E-state index >= 15 is 0 Å². The van der Waals surface area contributed by atoms with E-state index < -0.39 is 6.36 Å². The van der Waals surface area contributed by atoms with Crippen molar-refractivity contribution in [1.29, 1.82) is 0 Å². The molecule has 1 fully saturated rings. The zero-order valence-electron chi connectivity index (χ0n) is 11.3. The minimum atomic E-state index is -4.65. The van der Waals surface area contributed by atoms with E-state index in [9.17, 15) is 13.2 Å². The molecule has 2 atom stereocenters. The molecule has 0 aromatic heterocycles. The second-order valence-electron chi connectivity index (χ2n) is 5.37. The lowest BCUT2D eigenvalue weighted by Gasteiger charge is -2.23. The van der Waals surface area contributed by atoms with E-state index in [0.29, 0.717) is 18.3 Å². The van der Waals surface area contributed by atoms with Crippen molar-refractivity contribution in [2.45, 2.75) is 38.6 Å². The van der Waals surface area contributed by atoms with Gasteiger partial charge in [0, 0.05) is 6.04 Å². The van der Waals surface area contributed by atoms with E-state index in [-0.39, 0.29) is 11.8 Å². The van der Waals surface area contributed by atoms with E-state index in [1.165, 1.54) is 25.0 Å². The third kappa shape index (κ3) is 4.38. The Bertz CT molecular complexity index is 429. The summed E-state index contributed by atoms with van der Waals surface area (Å²) in [5.74, 6) is 6.55. The minimum absolute atomic E-state index is 0.136. The number of rotatable bonds is 6. The lowest BCUT2D eigenvalue weighted by Crippen LogP contribution is -2.42. The third-order valence-electron chi connectivity index (χ3n) is 3.83. The molecule has 0 amide bonds. The lowest BCUT2D eigenvalue weighted by molar-refractivity contribution is -0.274. The van der Waals surface area contributed by atoms with Crippen LogP contribution in [0.25, 0.3) is 0 Å². The monoisotopic (exact) mass is 288 g/mol. The fourth-order valence-corrected chi connectivity index (χ4v) is 2.43. The summed E-state index contributed by atoms with van der Waals surface area (Å²) in [5, 5.41) is 0. The van der Waals surface area contributed by atoms with Crippen LogP contribution in [-0.2, 0) is 6.42 Å². The molecular weight excluding hydrogens is 269 g/mol. The molecule has 1 aromatic carbocycles. The smallest absolute Gasteiger partial charge is 0.406 e. The largest absolute Gasteiger partial charge is 0.573 e. The van der Waals surface area contributed by atoms with Gasteiger partial charge in [0.25, 0.3) is 0 Å². The average Bonchev–Trinajstić information content (AvgIpc) is 3.19. The zero-order chi connectivity index (χ0) is 14.8. The summed E-state index contributed by atoms with van der Waals surface area (Å²) in [6.07, 6.45) is -1.49. The number of hydrazine groups is 1. The summed E-state index contributed by atoms with van der Waals surface area (Å²) >= 11 is 0. The van der Waals surface area contributed by atoms with Crippen molar-refractivity contribution in [3.05, 3.63) is 29.8 Å². The van der Waals surface area contributed by atoms with E-state index in [2.05, 4.69) is 17.1 Å². The van der Waals surface area contributed by atoms with Crippen LogP contribution < -0.4 is 16.0 Å². The molecule has 20 heavy (non-hydrogen) atoms. The van der Waals surface area contributed by atoms with Gasteiger partial charge in [-0.05, 0) is 48.8 Å². The van der Waals surface area contributed by atoms with Gasteiger partial charge in [-0.2, -0.15) is 0 Å². The molecule has 2 rings (SSSR count). The van der Waals surface area contributed by atoms with Gasteiger partial charge in [0.15, 0.2) is 0 Å². The van der Waals surface area contributed by atoms with Crippen molar-refractivity contribution in [3.8, 4) is 5.75 Å². The molecule has 6 heteroatoms. The number of ether oxygens (including phenoxy) is 1. The van der Waals surface area contributed by atoms with E-state index in [0.717, 1.165) is 5.56 Å². The average molecular weight is 288 g/mol. The number of halogens is 3. The number of nitrogens with one attached hydrogen (secondary N) is 1. The standard InChI is InChI=1S/C14H19F3N2O/c1-9(11-4-5-11)13(19-18)8-10-2-6-12(7-3-10)20-14(15,16)17/h2-3,6-7,9,11,13,19H,4-5,8,18H2,1H3. The number of alkyl halides is 3. The Morgan fingerprint density at radius 1 is 1.30 bits per heavy atom. The van der Waals surface area contributed by atoms with Gasteiger partial charge in [0.05, 0.1) is 0 Å². The first-order valence-corrected chi connectivity index (χ1v) is 6.70. The maximum absolute atomic E-state index is 12.1. The molecule has 0 bridgehead atoms. The molecule has 0 spiro atoms. The topological polar surface area (TPSA) is 47.3 Å². The fourth-order valence-electron chi connectivity index (χ4n) is 2.43. The van der Waals surface area contributed by atoms with Gasteiger partial charge in [0.1, 0.15) is 5.75 Å². The van der Waals surface area contributed by atoms with Gasteiger partial charge in [-0.3, -0.25) is 11.3 Å². The van der Waals surface area contributed by atoms with Crippen molar-refractivity contribution in [3.63, 3.8) is 0 Å². The molecule has 112 valence electrons. The van der Waals surface area contributed by atoms with Crippen LogP contribution in [0.4, 0.5) is 13.2 Å². The van der Waals surface area contributed by atoms with Crippen LogP contribution in [0.1, 0.15) is 25.3 Å². The molecule has 0 heterocycles. The van der Waals surface area contributed by atoms with Crippen molar-refractivity contribution in [2.24, 2.45) is 17.7 Å². The van der Waals surface area contributed by atoms with Crippen LogP contribution in [0, 0.1) is 11.8 Å². The van der Waals surface area contributed by atoms with Crippen molar-refractivity contribution in [2.75, 3.05) is 0 Å². The van der Waals surface area contributed by atoms with Crippen molar-refractivity contribution >= 4 is 0 Å². The van der Waals surface area contributed by atoms with Crippen LogP contribution >= 0.6 is 0 Å². The Morgan fingerprint density at radius 2 is 1.90 bits per heavy atom. The molecule has 0 radical (unpaired) electrons. The molecule has 1 aromatic rings. The molecule has 0 aliphatic heterocycles. The molecular formula is C14H19F3N2O. The maximum Gasteiger partial charge on any atom is 0.573 e. The van der Waals surface area contributed by atoms with Crippen LogP contribution in [0.5, 0.6) is 5.75 Å². The summed E-state index contributed by atoms with van der Waals surface area (Å²) in [5.41, 5.74) is 3.75. The number of hydrogen-bond acceptors (Lipinski definition) is 3. The summed E-state index contributed by atoms with van der Waals surface area (Å²) < 4.78 is 40.0. The molecule has 1 aliphatic carbocycles. The van der Waals surface area contributed by atoms with Gasteiger partial charge in [-0.25, -0.2) is 0 Å². The minimum Gasteiger partial charge on any atom is -0.406 e. The molecule has 2 unspecified atom stereocenters. The Labute approximate surface area is 116 Å². The van der Waals surface area contributed by atoms with Crippen molar-refractivity contribution in [1.82, 2.24) is 5.43 Å². The first kappa shape index (κ1) is 15.1. The first-order valence-electron chi connectivity index (χ1n) is 6.70. The van der Waals surface area contributed by atoms with E-state index in [4.69, 9.17) is 5.84 Å². The van der Waals surface area contributed by atoms with E-state index in [1.54, 1.807) is 12.1 Å². The van der Waals surface area contributed by atoms with Crippen molar-refractivity contribution < 1.29 is 17.9 Å². The quantitative estimate of drug-likeness (QED) is 0.625. The number of hydrogen-bond donors (Lipinski definition) is 2. The highest BCUT2D eigenvalue weighted by molar-refractivity contribution is 5.28.